The topological polar surface area (TPSA) is 89.1 Å². The molecule has 0 radical (unpaired) electrons. The highest BCUT2D eigenvalue weighted by molar-refractivity contribution is 5.69. The highest BCUT2D eigenvalue weighted by Crippen LogP contribution is 2.28. The van der Waals surface area contributed by atoms with Gasteiger partial charge in [-0.25, -0.2) is 4.79 Å². The molecule has 0 spiro atoms. The summed E-state index contributed by atoms with van der Waals surface area (Å²) >= 11 is 0. The minimum absolute atomic E-state index is 0.162. The van der Waals surface area contributed by atoms with Crippen LogP contribution in [0.25, 0.3) is 6.08 Å². The van der Waals surface area contributed by atoms with Crippen molar-refractivity contribution in [1.82, 2.24) is 10.6 Å². The number of nitrogens with one attached hydrogen (secondary N) is 2. The zero-order valence-corrected chi connectivity index (χ0v) is 14.5. The Labute approximate surface area is 142 Å². The van der Waals surface area contributed by atoms with Gasteiger partial charge < -0.3 is 24.6 Å². The molecule has 0 aliphatic rings. The van der Waals surface area contributed by atoms with E-state index < -0.39 is 12.2 Å². The van der Waals surface area contributed by atoms with Crippen molar-refractivity contribution in [2.45, 2.75) is 26.0 Å². The lowest BCUT2D eigenvalue weighted by Gasteiger charge is -2.16. The van der Waals surface area contributed by atoms with Gasteiger partial charge >= 0.3 is 6.09 Å². The molecule has 7 heteroatoms. The molecule has 1 amide bonds. The number of amides is 1. The van der Waals surface area contributed by atoms with Gasteiger partial charge in [0, 0.05) is 18.8 Å². The molecule has 24 heavy (non-hydrogen) atoms. The van der Waals surface area contributed by atoms with Gasteiger partial charge in [-0.2, -0.15) is 0 Å². The van der Waals surface area contributed by atoms with E-state index in [1.807, 2.05) is 19.9 Å². The Bertz CT molecular complexity index is 546. The number of aliphatic hydroxyl groups excluding tert-OH is 1. The molecule has 1 aromatic carbocycles. The van der Waals surface area contributed by atoms with Crippen LogP contribution in [0, 0.1) is 0 Å². The molecule has 0 fully saturated rings. The van der Waals surface area contributed by atoms with Crippen molar-refractivity contribution in [1.29, 1.82) is 0 Å². The van der Waals surface area contributed by atoms with Crippen molar-refractivity contribution in [3.05, 3.63) is 30.0 Å². The smallest absolute Gasteiger partial charge is 0.410 e. The lowest BCUT2D eigenvalue weighted by atomic mass is 10.2. The molecule has 1 unspecified atom stereocenters. The fourth-order valence-corrected chi connectivity index (χ4v) is 1.79. The third kappa shape index (κ3) is 7.34. The Morgan fingerprint density at radius 2 is 2.04 bits per heavy atom. The Hall–Kier alpha value is -2.25. The molecule has 0 aromatic heterocycles. The summed E-state index contributed by atoms with van der Waals surface area (Å²) in [5.41, 5.74) is 0.817. The molecule has 7 nitrogen and oxygen atoms in total. The van der Waals surface area contributed by atoms with E-state index in [0.717, 1.165) is 5.56 Å². The van der Waals surface area contributed by atoms with Crippen molar-refractivity contribution in [3.63, 3.8) is 0 Å². The lowest BCUT2D eigenvalue weighted by Crippen LogP contribution is -2.35. The van der Waals surface area contributed by atoms with Crippen molar-refractivity contribution in [3.8, 4) is 11.5 Å². The molecule has 1 atom stereocenters. The molecule has 1 rings (SSSR count). The van der Waals surface area contributed by atoms with Gasteiger partial charge in [-0.05, 0) is 23.8 Å². The zero-order chi connectivity index (χ0) is 17.9. The Balaban J connectivity index is 2.61. The standard InChI is InChI=1S/C17H26N2O5/c1-12(2)19-10-14(20)11-24-15-6-5-13(9-16(15)22-3)7-8-18-17(21)23-4/h5-9,12,14,19-20H,10-11H2,1-4H3,(H,18,21). The zero-order valence-electron chi connectivity index (χ0n) is 14.5. The van der Waals surface area contributed by atoms with E-state index in [9.17, 15) is 9.90 Å². The number of hydrogen-bond acceptors (Lipinski definition) is 6. The van der Waals surface area contributed by atoms with Gasteiger partial charge in [-0.3, -0.25) is 5.32 Å². The summed E-state index contributed by atoms with van der Waals surface area (Å²) in [6.45, 7) is 4.64. The molecule has 0 bridgehead atoms. The molecule has 0 aliphatic heterocycles. The van der Waals surface area contributed by atoms with Crippen LogP contribution < -0.4 is 20.1 Å². The van der Waals surface area contributed by atoms with Crippen LogP contribution in [0.2, 0.25) is 0 Å². The summed E-state index contributed by atoms with van der Waals surface area (Å²) in [7, 11) is 2.84. The maximum absolute atomic E-state index is 11.0. The highest BCUT2D eigenvalue weighted by atomic mass is 16.5. The number of hydrogen-bond donors (Lipinski definition) is 3. The van der Waals surface area contributed by atoms with E-state index in [0.29, 0.717) is 24.1 Å². The molecular weight excluding hydrogens is 312 g/mol. The maximum Gasteiger partial charge on any atom is 0.410 e. The number of ether oxygens (including phenoxy) is 3. The number of alkyl carbamates (subject to hydrolysis) is 1. The van der Waals surface area contributed by atoms with E-state index in [4.69, 9.17) is 9.47 Å². The van der Waals surface area contributed by atoms with Gasteiger partial charge in [0.25, 0.3) is 0 Å². The van der Waals surface area contributed by atoms with E-state index in [2.05, 4.69) is 15.4 Å². The fourth-order valence-electron chi connectivity index (χ4n) is 1.79. The predicted molar refractivity (Wildman–Crippen MR) is 92.2 cm³/mol. The second kappa shape index (κ2) is 10.5. The van der Waals surface area contributed by atoms with E-state index in [1.165, 1.54) is 13.3 Å². The quantitative estimate of drug-likeness (QED) is 0.636. The summed E-state index contributed by atoms with van der Waals surface area (Å²) in [6, 6.07) is 5.63. The first kappa shape index (κ1) is 19.8. The van der Waals surface area contributed by atoms with Gasteiger partial charge in [0.15, 0.2) is 11.5 Å². The second-order valence-corrected chi connectivity index (χ2v) is 5.41. The molecule has 0 heterocycles. The van der Waals surface area contributed by atoms with Crippen LogP contribution in [-0.2, 0) is 4.74 Å². The van der Waals surface area contributed by atoms with Crippen LogP contribution in [0.5, 0.6) is 11.5 Å². The van der Waals surface area contributed by atoms with Crippen molar-refractivity contribution >= 4 is 12.2 Å². The van der Waals surface area contributed by atoms with E-state index in [1.54, 1.807) is 25.3 Å². The third-order valence-electron chi connectivity index (χ3n) is 3.04. The molecule has 0 aliphatic carbocycles. The highest BCUT2D eigenvalue weighted by Gasteiger charge is 2.09. The van der Waals surface area contributed by atoms with Gasteiger partial charge in [0.1, 0.15) is 12.7 Å². The first-order chi connectivity index (χ1) is 11.5. The number of carbonyl (C=O) groups excluding carboxylic acids is 1. The number of methoxy groups -OCH3 is 2. The van der Waals surface area contributed by atoms with Gasteiger partial charge in [0.2, 0.25) is 0 Å². The molecule has 1 aromatic rings. The van der Waals surface area contributed by atoms with Crippen LogP contribution in [0.3, 0.4) is 0 Å². The van der Waals surface area contributed by atoms with Crippen LogP contribution in [0.15, 0.2) is 24.4 Å². The third-order valence-corrected chi connectivity index (χ3v) is 3.04. The maximum atomic E-state index is 11.0. The van der Waals surface area contributed by atoms with Crippen molar-refractivity contribution < 1.29 is 24.1 Å². The minimum atomic E-state index is -0.610. The first-order valence-electron chi connectivity index (χ1n) is 7.69. The van der Waals surface area contributed by atoms with Gasteiger partial charge in [-0.1, -0.05) is 19.9 Å². The predicted octanol–water partition coefficient (Wildman–Crippen LogP) is 1.76. The van der Waals surface area contributed by atoms with Crippen molar-refractivity contribution in [2.24, 2.45) is 0 Å². The fraction of sp³-hybridized carbons (Fsp3) is 0.471. The van der Waals surface area contributed by atoms with E-state index in [-0.39, 0.29) is 6.61 Å². The average Bonchev–Trinajstić information content (AvgIpc) is 2.58. The normalized spacial score (nSPS) is 12.2. The Kier molecular flexibility index (Phi) is 8.67. The van der Waals surface area contributed by atoms with Crippen LogP contribution in [0.4, 0.5) is 4.79 Å². The Morgan fingerprint density at radius 3 is 2.67 bits per heavy atom. The summed E-state index contributed by atoms with van der Waals surface area (Å²) in [4.78, 5) is 11.0. The second-order valence-electron chi connectivity index (χ2n) is 5.41. The molecule has 134 valence electrons. The molecule has 0 saturated carbocycles. The number of rotatable bonds is 9. The molecule has 3 N–H and O–H groups in total. The van der Waals surface area contributed by atoms with E-state index >= 15 is 0 Å². The average molecular weight is 338 g/mol. The number of carbonyl (C=O) groups is 1. The number of benzene rings is 1. The van der Waals surface area contributed by atoms with Crippen LogP contribution >= 0.6 is 0 Å². The summed E-state index contributed by atoms with van der Waals surface area (Å²) in [5, 5.41) is 15.5. The minimum Gasteiger partial charge on any atom is -0.493 e. The first-order valence-corrected chi connectivity index (χ1v) is 7.69. The summed E-state index contributed by atoms with van der Waals surface area (Å²) < 4.78 is 15.4. The summed E-state index contributed by atoms with van der Waals surface area (Å²) in [5.74, 6) is 1.08. The van der Waals surface area contributed by atoms with Gasteiger partial charge in [0.05, 0.1) is 14.2 Å². The monoisotopic (exact) mass is 338 g/mol. The number of aliphatic hydroxyl groups is 1. The summed E-state index contributed by atoms with van der Waals surface area (Å²) in [6.07, 6.45) is 2.02. The van der Waals surface area contributed by atoms with Crippen LogP contribution in [-0.4, -0.2) is 50.7 Å². The van der Waals surface area contributed by atoms with Gasteiger partial charge in [-0.15, -0.1) is 0 Å². The Morgan fingerprint density at radius 1 is 1.29 bits per heavy atom. The lowest BCUT2D eigenvalue weighted by molar-refractivity contribution is 0.103. The SMILES string of the molecule is COC(=O)NC=Cc1ccc(OCC(O)CNC(C)C)c(OC)c1. The van der Waals surface area contributed by atoms with Crippen LogP contribution in [0.1, 0.15) is 19.4 Å². The molecular formula is C17H26N2O5. The van der Waals surface area contributed by atoms with Crippen molar-refractivity contribution in [2.75, 3.05) is 27.4 Å². The molecule has 0 saturated heterocycles. The largest absolute Gasteiger partial charge is 0.493 e.